The van der Waals surface area contributed by atoms with Crippen molar-refractivity contribution in [2.45, 2.75) is 57.7 Å². The monoisotopic (exact) mass is 272 g/mol. The Morgan fingerprint density at radius 3 is 2.63 bits per heavy atom. The molecule has 2 amide bonds. The summed E-state index contributed by atoms with van der Waals surface area (Å²) in [5.41, 5.74) is 0. The zero-order valence-electron chi connectivity index (χ0n) is 11.9. The summed E-state index contributed by atoms with van der Waals surface area (Å²) < 4.78 is 5.17. The number of rotatable bonds is 6. The molecular weight excluding hydrogens is 248 g/mol. The lowest BCUT2D eigenvalue weighted by Gasteiger charge is -2.25. The van der Waals surface area contributed by atoms with E-state index in [1.54, 1.807) is 0 Å². The molecular formula is C13H24N2O4. The Morgan fingerprint density at radius 1 is 1.47 bits per heavy atom. The lowest BCUT2D eigenvalue weighted by Crippen LogP contribution is -2.49. The maximum atomic E-state index is 12.2. The van der Waals surface area contributed by atoms with E-state index in [0.29, 0.717) is 13.0 Å². The van der Waals surface area contributed by atoms with E-state index in [-0.39, 0.29) is 18.2 Å². The average molecular weight is 272 g/mol. The Morgan fingerprint density at radius 2 is 2.16 bits per heavy atom. The van der Waals surface area contributed by atoms with Crippen LogP contribution in [-0.2, 0) is 9.53 Å². The number of carboxylic acids is 1. The minimum atomic E-state index is -0.974. The minimum Gasteiger partial charge on any atom is -0.480 e. The summed E-state index contributed by atoms with van der Waals surface area (Å²) in [4.78, 5) is 24.7. The predicted molar refractivity (Wildman–Crippen MR) is 71.1 cm³/mol. The number of hydrogen-bond acceptors (Lipinski definition) is 3. The quantitative estimate of drug-likeness (QED) is 0.767. The van der Waals surface area contributed by atoms with Crippen LogP contribution in [0.4, 0.5) is 4.79 Å². The number of nitrogens with zero attached hydrogens (tertiary/aromatic N) is 1. The number of methoxy groups -OCH3 is 1. The third kappa shape index (κ3) is 4.09. The van der Waals surface area contributed by atoms with Gasteiger partial charge >= 0.3 is 12.0 Å². The first-order valence-electron chi connectivity index (χ1n) is 6.86. The van der Waals surface area contributed by atoms with Gasteiger partial charge in [0.25, 0.3) is 0 Å². The van der Waals surface area contributed by atoms with Crippen LogP contribution in [-0.4, -0.2) is 53.8 Å². The van der Waals surface area contributed by atoms with E-state index < -0.39 is 12.0 Å². The molecule has 1 aliphatic heterocycles. The van der Waals surface area contributed by atoms with Crippen molar-refractivity contribution in [3.05, 3.63) is 0 Å². The summed E-state index contributed by atoms with van der Waals surface area (Å²) >= 11 is 0. The second-order valence-corrected chi connectivity index (χ2v) is 4.94. The van der Waals surface area contributed by atoms with Crippen LogP contribution in [0.2, 0.25) is 0 Å². The van der Waals surface area contributed by atoms with Crippen molar-refractivity contribution in [1.29, 1.82) is 0 Å². The summed E-state index contributed by atoms with van der Waals surface area (Å²) in [6.07, 6.45) is 2.89. The van der Waals surface area contributed by atoms with Crippen molar-refractivity contribution in [1.82, 2.24) is 10.2 Å². The number of carbonyl (C=O) groups excluding carboxylic acids is 1. The summed E-state index contributed by atoms with van der Waals surface area (Å²) in [7, 11) is 1.54. The standard InChI is InChI=1S/C13H24N2O4/c1-4-6-9(5-2)14-13(18)15-8-10(19-3)7-11(15)12(16)17/h9-11H,4-8H2,1-3H3,(H,14,18)(H,16,17). The highest BCUT2D eigenvalue weighted by Crippen LogP contribution is 2.20. The molecule has 1 fully saturated rings. The first-order valence-corrected chi connectivity index (χ1v) is 6.86. The van der Waals surface area contributed by atoms with E-state index in [4.69, 9.17) is 9.84 Å². The van der Waals surface area contributed by atoms with Crippen LogP contribution in [0.25, 0.3) is 0 Å². The number of carbonyl (C=O) groups is 2. The lowest BCUT2D eigenvalue weighted by atomic mass is 10.1. The summed E-state index contributed by atoms with van der Waals surface area (Å²) in [6, 6.07) is -0.982. The topological polar surface area (TPSA) is 78.9 Å². The highest BCUT2D eigenvalue weighted by molar-refractivity contribution is 5.83. The normalized spacial score (nSPS) is 24.3. The Bertz CT molecular complexity index is 322. The molecule has 1 heterocycles. The van der Waals surface area contributed by atoms with E-state index in [1.165, 1.54) is 12.0 Å². The molecule has 6 heteroatoms. The molecule has 6 nitrogen and oxygen atoms in total. The van der Waals surface area contributed by atoms with Crippen LogP contribution in [0, 0.1) is 0 Å². The van der Waals surface area contributed by atoms with E-state index in [2.05, 4.69) is 12.2 Å². The fraction of sp³-hybridized carbons (Fsp3) is 0.846. The molecule has 1 aliphatic rings. The molecule has 0 saturated carbocycles. The molecule has 1 saturated heterocycles. The lowest BCUT2D eigenvalue weighted by molar-refractivity contribution is -0.141. The summed E-state index contributed by atoms with van der Waals surface area (Å²) in [6.45, 7) is 4.41. The van der Waals surface area contributed by atoms with Crippen LogP contribution < -0.4 is 5.32 Å². The smallest absolute Gasteiger partial charge is 0.326 e. The number of ether oxygens (including phenoxy) is 1. The van der Waals surface area contributed by atoms with Gasteiger partial charge in [-0.05, 0) is 12.8 Å². The van der Waals surface area contributed by atoms with Gasteiger partial charge in [-0.25, -0.2) is 9.59 Å². The maximum Gasteiger partial charge on any atom is 0.326 e. The Balaban J connectivity index is 2.65. The molecule has 1 rings (SSSR count). The SMILES string of the molecule is CCCC(CC)NC(=O)N1CC(OC)CC1C(=O)O. The molecule has 0 bridgehead atoms. The second-order valence-electron chi connectivity index (χ2n) is 4.94. The number of carboxylic acid groups (broad SMARTS) is 1. The summed E-state index contributed by atoms with van der Waals surface area (Å²) in [5, 5.41) is 12.1. The van der Waals surface area contributed by atoms with Crippen LogP contribution in [0.1, 0.15) is 39.5 Å². The van der Waals surface area contributed by atoms with Gasteiger partial charge < -0.3 is 20.1 Å². The van der Waals surface area contributed by atoms with Crippen molar-refractivity contribution in [3.8, 4) is 0 Å². The van der Waals surface area contributed by atoms with Gasteiger partial charge in [-0.3, -0.25) is 0 Å². The van der Waals surface area contributed by atoms with Crippen molar-refractivity contribution in [3.63, 3.8) is 0 Å². The van der Waals surface area contributed by atoms with E-state index in [0.717, 1.165) is 19.3 Å². The van der Waals surface area contributed by atoms with Crippen LogP contribution >= 0.6 is 0 Å². The van der Waals surface area contributed by atoms with Crippen molar-refractivity contribution < 1.29 is 19.4 Å². The molecule has 0 aromatic rings. The third-order valence-corrected chi connectivity index (χ3v) is 3.60. The van der Waals surface area contributed by atoms with Gasteiger partial charge in [-0.2, -0.15) is 0 Å². The van der Waals surface area contributed by atoms with E-state index >= 15 is 0 Å². The zero-order valence-corrected chi connectivity index (χ0v) is 11.9. The van der Waals surface area contributed by atoms with Crippen molar-refractivity contribution in [2.75, 3.05) is 13.7 Å². The first kappa shape index (κ1) is 15.8. The molecule has 3 atom stereocenters. The molecule has 110 valence electrons. The van der Waals surface area contributed by atoms with E-state index in [1.807, 2.05) is 6.92 Å². The van der Waals surface area contributed by atoms with Crippen molar-refractivity contribution >= 4 is 12.0 Å². The highest BCUT2D eigenvalue weighted by Gasteiger charge is 2.40. The molecule has 3 unspecified atom stereocenters. The Labute approximate surface area is 114 Å². The fourth-order valence-electron chi connectivity index (χ4n) is 2.41. The average Bonchev–Trinajstić information content (AvgIpc) is 2.82. The van der Waals surface area contributed by atoms with Gasteiger partial charge in [0.2, 0.25) is 0 Å². The first-order chi connectivity index (χ1) is 9.03. The number of likely N-dealkylation sites (tertiary alicyclic amines) is 1. The molecule has 19 heavy (non-hydrogen) atoms. The molecule has 0 aromatic heterocycles. The van der Waals surface area contributed by atoms with Crippen LogP contribution in [0.15, 0.2) is 0 Å². The largest absolute Gasteiger partial charge is 0.480 e. The molecule has 0 radical (unpaired) electrons. The van der Waals surface area contributed by atoms with Gasteiger partial charge in [0.05, 0.1) is 6.10 Å². The van der Waals surface area contributed by atoms with Crippen LogP contribution in [0.3, 0.4) is 0 Å². The number of nitrogens with one attached hydrogen (secondary N) is 1. The van der Waals surface area contributed by atoms with Gasteiger partial charge in [0.15, 0.2) is 0 Å². The maximum absolute atomic E-state index is 12.2. The molecule has 0 aliphatic carbocycles. The van der Waals surface area contributed by atoms with Crippen LogP contribution in [0.5, 0.6) is 0 Å². The molecule has 0 spiro atoms. The Kier molecular flexibility index (Phi) is 6.08. The zero-order chi connectivity index (χ0) is 14.4. The van der Waals surface area contributed by atoms with Gasteiger partial charge in [-0.15, -0.1) is 0 Å². The predicted octanol–water partition coefficient (Wildman–Crippen LogP) is 1.45. The van der Waals surface area contributed by atoms with Gasteiger partial charge in [0.1, 0.15) is 6.04 Å². The number of aliphatic carboxylic acids is 1. The third-order valence-electron chi connectivity index (χ3n) is 3.60. The summed E-state index contributed by atoms with van der Waals surface area (Å²) in [5.74, 6) is -0.974. The second kappa shape index (κ2) is 7.33. The number of urea groups is 1. The Hall–Kier alpha value is -1.30. The number of hydrogen-bond donors (Lipinski definition) is 2. The van der Waals surface area contributed by atoms with Crippen molar-refractivity contribution in [2.24, 2.45) is 0 Å². The van der Waals surface area contributed by atoms with Gasteiger partial charge in [-0.1, -0.05) is 20.3 Å². The van der Waals surface area contributed by atoms with Gasteiger partial charge in [0, 0.05) is 26.1 Å². The fourth-order valence-corrected chi connectivity index (χ4v) is 2.41. The highest BCUT2D eigenvalue weighted by atomic mass is 16.5. The molecule has 0 aromatic carbocycles. The molecule has 2 N–H and O–H groups in total. The minimum absolute atomic E-state index is 0.105. The number of amides is 2. The van der Waals surface area contributed by atoms with E-state index in [9.17, 15) is 9.59 Å².